The van der Waals surface area contributed by atoms with Crippen LogP contribution in [0.1, 0.15) is 27.3 Å². The second kappa shape index (κ2) is 10.4. The van der Waals surface area contributed by atoms with Crippen LogP contribution in [0.4, 0.5) is 10.1 Å². The van der Waals surface area contributed by atoms with Gasteiger partial charge in [-0.1, -0.05) is 36.4 Å². The summed E-state index contributed by atoms with van der Waals surface area (Å²) in [5.74, 6) is -0.114. The van der Waals surface area contributed by atoms with Crippen LogP contribution in [0.25, 0.3) is 11.8 Å². The summed E-state index contributed by atoms with van der Waals surface area (Å²) in [4.78, 5) is 16.6. The van der Waals surface area contributed by atoms with Gasteiger partial charge in [-0.3, -0.25) is 9.52 Å². The molecule has 2 N–H and O–H groups in total. The number of carbonyl (C=O) groups is 1. The third kappa shape index (κ3) is 6.21. The summed E-state index contributed by atoms with van der Waals surface area (Å²) in [5, 5.41) is 3.82. The third-order valence-corrected chi connectivity index (χ3v) is 6.21. The molecule has 1 amide bonds. The number of hydrogen-bond acceptors (Lipinski definition) is 4. The SMILES string of the molecule is Cc1nccn1-c1ccc(CNC(=O)c2ccc(NS(=O)(=O)/C=C/c3ccccc3)cc2)cc1F. The monoisotopic (exact) mass is 490 g/mol. The molecule has 3 aromatic carbocycles. The molecule has 0 atom stereocenters. The largest absolute Gasteiger partial charge is 0.348 e. The van der Waals surface area contributed by atoms with E-state index >= 15 is 0 Å². The zero-order chi connectivity index (χ0) is 24.8. The molecule has 0 aliphatic rings. The van der Waals surface area contributed by atoms with Crippen molar-refractivity contribution in [2.75, 3.05) is 4.72 Å². The first-order valence-corrected chi connectivity index (χ1v) is 12.3. The summed E-state index contributed by atoms with van der Waals surface area (Å²) in [6.45, 7) is 1.92. The van der Waals surface area contributed by atoms with Crippen LogP contribution >= 0.6 is 0 Å². The van der Waals surface area contributed by atoms with Gasteiger partial charge in [0.05, 0.1) is 11.1 Å². The maximum Gasteiger partial charge on any atom is 0.255 e. The smallest absolute Gasteiger partial charge is 0.255 e. The fraction of sp³-hybridized carbons (Fsp3) is 0.0769. The van der Waals surface area contributed by atoms with E-state index in [0.29, 0.717) is 28.3 Å². The maximum atomic E-state index is 14.5. The molecule has 0 fully saturated rings. The number of nitrogens with zero attached hydrogens (tertiary/aromatic N) is 2. The molecule has 0 radical (unpaired) electrons. The van der Waals surface area contributed by atoms with E-state index in [1.54, 1.807) is 48.1 Å². The topological polar surface area (TPSA) is 93.1 Å². The molecule has 178 valence electrons. The van der Waals surface area contributed by atoms with Crippen molar-refractivity contribution < 1.29 is 17.6 Å². The first kappa shape index (κ1) is 23.9. The lowest BCUT2D eigenvalue weighted by molar-refractivity contribution is 0.0951. The molecule has 0 saturated heterocycles. The number of halogens is 1. The lowest BCUT2D eigenvalue weighted by atomic mass is 10.1. The van der Waals surface area contributed by atoms with Crippen molar-refractivity contribution in [3.05, 3.63) is 119 Å². The Kier molecular flexibility index (Phi) is 7.07. The molecule has 0 bridgehead atoms. The molecule has 0 aliphatic carbocycles. The van der Waals surface area contributed by atoms with E-state index < -0.39 is 15.8 Å². The van der Waals surface area contributed by atoms with Crippen molar-refractivity contribution >= 4 is 27.7 Å². The molecule has 4 aromatic rings. The van der Waals surface area contributed by atoms with Gasteiger partial charge in [0.1, 0.15) is 11.6 Å². The highest BCUT2D eigenvalue weighted by Crippen LogP contribution is 2.17. The van der Waals surface area contributed by atoms with Crippen LogP contribution in [0.15, 0.2) is 90.6 Å². The second-order valence-corrected chi connectivity index (χ2v) is 9.32. The van der Waals surface area contributed by atoms with E-state index in [-0.39, 0.29) is 12.5 Å². The van der Waals surface area contributed by atoms with E-state index in [9.17, 15) is 17.6 Å². The summed E-state index contributed by atoms with van der Waals surface area (Å²) in [7, 11) is -3.71. The van der Waals surface area contributed by atoms with E-state index in [1.165, 1.54) is 36.4 Å². The third-order valence-electron chi connectivity index (χ3n) is 5.20. The van der Waals surface area contributed by atoms with Crippen molar-refractivity contribution in [2.24, 2.45) is 0 Å². The van der Waals surface area contributed by atoms with Gasteiger partial charge < -0.3 is 9.88 Å². The van der Waals surface area contributed by atoms with Gasteiger partial charge in [0.2, 0.25) is 0 Å². The van der Waals surface area contributed by atoms with Gasteiger partial charge in [-0.25, -0.2) is 17.8 Å². The number of amides is 1. The van der Waals surface area contributed by atoms with Crippen LogP contribution in [0.3, 0.4) is 0 Å². The van der Waals surface area contributed by atoms with Gasteiger partial charge in [-0.05, 0) is 60.5 Å². The number of nitrogens with one attached hydrogen (secondary N) is 2. The lowest BCUT2D eigenvalue weighted by Gasteiger charge is -2.10. The van der Waals surface area contributed by atoms with E-state index in [0.717, 1.165) is 11.0 Å². The molecule has 35 heavy (non-hydrogen) atoms. The molecule has 0 aliphatic heterocycles. The van der Waals surface area contributed by atoms with Crippen LogP contribution in [-0.4, -0.2) is 23.9 Å². The normalized spacial score (nSPS) is 11.5. The molecule has 0 saturated carbocycles. The average molecular weight is 491 g/mol. The van der Waals surface area contributed by atoms with Crippen LogP contribution in [0, 0.1) is 12.7 Å². The fourth-order valence-corrected chi connectivity index (χ4v) is 4.26. The number of anilines is 1. The van der Waals surface area contributed by atoms with Crippen molar-refractivity contribution in [1.29, 1.82) is 0 Å². The van der Waals surface area contributed by atoms with Gasteiger partial charge in [0, 0.05) is 30.2 Å². The standard InChI is InChI=1S/C26H23FN4O3S/c1-19-28-14-15-31(19)25-12-7-21(17-24(25)27)18-29-26(32)22-8-10-23(11-9-22)30-35(33,34)16-13-20-5-3-2-4-6-20/h2-17,30H,18H2,1H3,(H,29,32)/b16-13+. The first-order chi connectivity index (χ1) is 16.8. The molecule has 0 unspecified atom stereocenters. The maximum absolute atomic E-state index is 14.5. The van der Waals surface area contributed by atoms with Crippen LogP contribution < -0.4 is 10.0 Å². The summed E-state index contributed by atoms with van der Waals surface area (Å²) >= 11 is 0. The highest BCUT2D eigenvalue weighted by atomic mass is 32.2. The Labute approximate surface area is 203 Å². The number of aryl methyl sites for hydroxylation is 1. The number of imidazole rings is 1. The van der Waals surface area contributed by atoms with Gasteiger partial charge in [0.25, 0.3) is 15.9 Å². The molecule has 1 aromatic heterocycles. The van der Waals surface area contributed by atoms with Gasteiger partial charge in [-0.2, -0.15) is 0 Å². The number of aromatic nitrogens is 2. The van der Waals surface area contributed by atoms with Gasteiger partial charge in [0.15, 0.2) is 0 Å². The van der Waals surface area contributed by atoms with Crippen molar-refractivity contribution in [2.45, 2.75) is 13.5 Å². The molecule has 4 rings (SSSR count). The van der Waals surface area contributed by atoms with Crippen molar-refractivity contribution in [3.63, 3.8) is 0 Å². The summed E-state index contributed by atoms with van der Waals surface area (Å²) in [5.41, 5.74) is 2.42. The molecule has 1 heterocycles. The van der Waals surface area contributed by atoms with E-state index in [2.05, 4.69) is 15.0 Å². The van der Waals surface area contributed by atoms with Gasteiger partial charge >= 0.3 is 0 Å². The Hall–Kier alpha value is -4.24. The molecular weight excluding hydrogens is 467 g/mol. The summed E-state index contributed by atoms with van der Waals surface area (Å²) < 4.78 is 43.2. The zero-order valence-corrected chi connectivity index (χ0v) is 19.7. The Morgan fingerprint density at radius 2 is 1.80 bits per heavy atom. The Morgan fingerprint density at radius 3 is 2.46 bits per heavy atom. The minimum absolute atomic E-state index is 0.137. The predicted molar refractivity (Wildman–Crippen MR) is 134 cm³/mol. The molecule has 0 spiro atoms. The van der Waals surface area contributed by atoms with Crippen molar-refractivity contribution in [1.82, 2.24) is 14.9 Å². The summed E-state index contributed by atoms with van der Waals surface area (Å²) in [6.07, 6.45) is 4.77. The number of rotatable bonds is 8. The predicted octanol–water partition coefficient (Wildman–Crippen LogP) is 4.66. The fourth-order valence-electron chi connectivity index (χ4n) is 3.39. The summed E-state index contributed by atoms with van der Waals surface area (Å²) in [6, 6.07) is 19.8. The number of benzene rings is 3. The zero-order valence-electron chi connectivity index (χ0n) is 18.9. The Morgan fingerprint density at radius 1 is 1.06 bits per heavy atom. The highest BCUT2D eigenvalue weighted by Gasteiger charge is 2.11. The van der Waals surface area contributed by atoms with Crippen molar-refractivity contribution in [3.8, 4) is 5.69 Å². The van der Waals surface area contributed by atoms with Gasteiger partial charge in [-0.15, -0.1) is 0 Å². The average Bonchev–Trinajstić information content (AvgIpc) is 3.28. The highest BCUT2D eigenvalue weighted by molar-refractivity contribution is 7.95. The number of hydrogen-bond donors (Lipinski definition) is 2. The van der Waals surface area contributed by atoms with E-state index in [1.807, 2.05) is 18.2 Å². The molecule has 9 heteroatoms. The number of sulfonamides is 1. The van der Waals surface area contributed by atoms with Crippen LogP contribution in [0.2, 0.25) is 0 Å². The lowest BCUT2D eigenvalue weighted by Crippen LogP contribution is -2.23. The van der Waals surface area contributed by atoms with E-state index in [4.69, 9.17) is 0 Å². The minimum Gasteiger partial charge on any atom is -0.348 e. The minimum atomic E-state index is -3.71. The molecular formula is C26H23FN4O3S. The van der Waals surface area contributed by atoms with Crippen LogP contribution in [-0.2, 0) is 16.6 Å². The number of carbonyl (C=O) groups excluding carboxylic acids is 1. The Balaban J connectivity index is 1.35. The quantitative estimate of drug-likeness (QED) is 0.376. The first-order valence-electron chi connectivity index (χ1n) is 10.7. The Bertz CT molecular complexity index is 1460. The molecule has 7 nitrogen and oxygen atoms in total. The van der Waals surface area contributed by atoms with Crippen LogP contribution in [0.5, 0.6) is 0 Å². The second-order valence-electron chi connectivity index (χ2n) is 7.75.